The van der Waals surface area contributed by atoms with Gasteiger partial charge in [0.15, 0.2) is 23.2 Å². The van der Waals surface area contributed by atoms with Gasteiger partial charge in [-0.25, -0.2) is 17.6 Å². The molecule has 0 amide bonds. The smallest absolute Gasteiger partial charge is 0.342 e. The maximum atomic E-state index is 13.4. The summed E-state index contributed by atoms with van der Waals surface area (Å²) in [5.41, 5.74) is 0. The van der Waals surface area contributed by atoms with Crippen LogP contribution in [0.1, 0.15) is 0 Å². The van der Waals surface area contributed by atoms with Crippen LogP contribution in [0.2, 0.25) is 0 Å². The molecule has 0 bridgehead atoms. The number of rotatable bonds is 3. The molecular formula is C12H5F5O3S. The molecule has 9 heteroatoms. The molecule has 0 atom stereocenters. The predicted octanol–water partition coefficient (Wildman–Crippen LogP) is 3.15. The fourth-order valence-corrected chi connectivity index (χ4v) is 2.41. The van der Waals surface area contributed by atoms with Crippen LogP contribution in [-0.2, 0) is 10.1 Å². The van der Waals surface area contributed by atoms with Gasteiger partial charge in [-0.1, -0.05) is 6.07 Å². The summed E-state index contributed by atoms with van der Waals surface area (Å²) in [6, 6.07) is 2.45. The van der Waals surface area contributed by atoms with Crippen molar-refractivity contribution in [1.82, 2.24) is 0 Å². The predicted molar refractivity (Wildman–Crippen MR) is 60.5 cm³/mol. The lowest BCUT2D eigenvalue weighted by molar-refractivity contribution is 0.430. The topological polar surface area (TPSA) is 43.4 Å². The molecule has 0 aliphatic rings. The molecule has 2 rings (SSSR count). The Hall–Kier alpha value is -2.16. The summed E-state index contributed by atoms with van der Waals surface area (Å²) in [7, 11) is -5.01. The fraction of sp³-hybridized carbons (Fsp3) is 0. The first-order valence-corrected chi connectivity index (χ1v) is 6.66. The van der Waals surface area contributed by atoms with Gasteiger partial charge in [0, 0.05) is 12.1 Å². The van der Waals surface area contributed by atoms with E-state index in [1.54, 1.807) is 0 Å². The lowest BCUT2D eigenvalue weighted by atomic mass is 10.3. The Balaban J connectivity index is 2.48. The molecule has 0 unspecified atom stereocenters. The third kappa shape index (κ3) is 2.97. The molecule has 0 N–H and O–H groups in total. The molecule has 0 saturated heterocycles. The molecule has 0 spiro atoms. The van der Waals surface area contributed by atoms with E-state index in [0.29, 0.717) is 6.07 Å². The normalized spacial score (nSPS) is 11.5. The van der Waals surface area contributed by atoms with Gasteiger partial charge in [-0.2, -0.15) is 12.8 Å². The molecule has 0 heterocycles. The van der Waals surface area contributed by atoms with Crippen molar-refractivity contribution in [3.05, 3.63) is 59.4 Å². The largest absolute Gasteiger partial charge is 0.376 e. The average molecular weight is 324 g/mol. The summed E-state index contributed by atoms with van der Waals surface area (Å²) in [6.45, 7) is 0. The van der Waals surface area contributed by atoms with Crippen LogP contribution in [0.3, 0.4) is 0 Å². The molecular weight excluding hydrogens is 319 g/mol. The van der Waals surface area contributed by atoms with Gasteiger partial charge in [0.2, 0.25) is 5.82 Å². The lowest BCUT2D eigenvalue weighted by Gasteiger charge is -2.09. The molecule has 2 aromatic carbocycles. The van der Waals surface area contributed by atoms with Crippen LogP contribution in [0, 0.1) is 29.1 Å². The lowest BCUT2D eigenvalue weighted by Crippen LogP contribution is -2.13. The highest BCUT2D eigenvalue weighted by Gasteiger charge is 2.26. The van der Waals surface area contributed by atoms with Crippen molar-refractivity contribution < 1.29 is 34.6 Å². The summed E-state index contributed by atoms with van der Waals surface area (Å²) >= 11 is 0. The molecule has 0 fully saturated rings. The first-order chi connectivity index (χ1) is 9.72. The molecule has 0 radical (unpaired) electrons. The van der Waals surface area contributed by atoms with E-state index in [0.717, 1.165) is 12.1 Å². The second-order valence-electron chi connectivity index (χ2n) is 3.79. The van der Waals surface area contributed by atoms with Crippen molar-refractivity contribution in [3.63, 3.8) is 0 Å². The van der Waals surface area contributed by atoms with Crippen LogP contribution in [0.4, 0.5) is 22.0 Å². The summed E-state index contributed by atoms with van der Waals surface area (Å²) in [4.78, 5) is -1.34. The average Bonchev–Trinajstić information content (AvgIpc) is 2.39. The standard InChI is InChI=1S/C12H5F5O3S/c13-6-2-1-3-10(12(6)17)20-21(18,19)11-5-8(15)7(14)4-9(11)16/h1-5H. The number of hydrogen-bond acceptors (Lipinski definition) is 3. The minimum absolute atomic E-state index is 0.00644. The summed E-state index contributed by atoms with van der Waals surface area (Å²) in [6.07, 6.45) is 0. The van der Waals surface area contributed by atoms with Crippen LogP contribution < -0.4 is 4.18 Å². The highest BCUT2D eigenvalue weighted by Crippen LogP contribution is 2.26. The summed E-state index contributed by atoms with van der Waals surface area (Å²) in [5.74, 6) is -8.94. The Morgan fingerprint density at radius 3 is 2.10 bits per heavy atom. The second kappa shape index (κ2) is 5.32. The van der Waals surface area contributed by atoms with Gasteiger partial charge in [-0.3, -0.25) is 0 Å². The Bertz CT molecular complexity index is 805. The number of benzene rings is 2. The highest BCUT2D eigenvalue weighted by molar-refractivity contribution is 7.87. The molecule has 0 aromatic heterocycles. The molecule has 3 nitrogen and oxygen atoms in total. The second-order valence-corrected chi connectivity index (χ2v) is 5.30. The minimum atomic E-state index is -5.01. The zero-order valence-electron chi connectivity index (χ0n) is 9.91. The van der Waals surface area contributed by atoms with E-state index in [2.05, 4.69) is 4.18 Å². The number of halogens is 5. The molecule has 0 saturated carbocycles. The third-order valence-electron chi connectivity index (χ3n) is 2.36. The van der Waals surface area contributed by atoms with Crippen LogP contribution in [-0.4, -0.2) is 8.42 Å². The van der Waals surface area contributed by atoms with Gasteiger partial charge in [-0.15, -0.1) is 0 Å². The fourth-order valence-electron chi connectivity index (χ4n) is 1.41. The van der Waals surface area contributed by atoms with E-state index in [9.17, 15) is 30.4 Å². The SMILES string of the molecule is O=S(=O)(Oc1cccc(F)c1F)c1cc(F)c(F)cc1F. The molecule has 0 aliphatic heterocycles. The molecule has 112 valence electrons. The van der Waals surface area contributed by atoms with E-state index in [1.165, 1.54) is 0 Å². The zero-order valence-corrected chi connectivity index (χ0v) is 10.7. The Morgan fingerprint density at radius 1 is 0.810 bits per heavy atom. The quantitative estimate of drug-likeness (QED) is 0.495. The van der Waals surface area contributed by atoms with Crippen molar-refractivity contribution >= 4 is 10.1 Å². The van der Waals surface area contributed by atoms with Gasteiger partial charge in [0.05, 0.1) is 0 Å². The zero-order chi connectivity index (χ0) is 15.8. The van der Waals surface area contributed by atoms with Crippen molar-refractivity contribution in [2.24, 2.45) is 0 Å². The Labute approximate surface area is 115 Å². The van der Waals surface area contributed by atoms with Crippen LogP contribution in [0.25, 0.3) is 0 Å². The van der Waals surface area contributed by atoms with E-state index in [1.807, 2.05) is 0 Å². The Morgan fingerprint density at radius 2 is 1.43 bits per heavy atom. The minimum Gasteiger partial charge on any atom is -0.376 e. The highest BCUT2D eigenvalue weighted by atomic mass is 32.2. The van der Waals surface area contributed by atoms with Gasteiger partial charge >= 0.3 is 10.1 Å². The first kappa shape index (κ1) is 15.2. The maximum absolute atomic E-state index is 13.4. The number of hydrogen-bond donors (Lipinski definition) is 0. The van der Waals surface area contributed by atoms with E-state index >= 15 is 0 Å². The monoisotopic (exact) mass is 324 g/mol. The molecule has 0 aliphatic carbocycles. The van der Waals surface area contributed by atoms with Crippen molar-refractivity contribution in [2.75, 3.05) is 0 Å². The van der Waals surface area contributed by atoms with E-state index in [4.69, 9.17) is 0 Å². The van der Waals surface area contributed by atoms with Crippen molar-refractivity contribution in [1.29, 1.82) is 0 Å². The van der Waals surface area contributed by atoms with Crippen LogP contribution >= 0.6 is 0 Å². The van der Waals surface area contributed by atoms with Crippen LogP contribution in [0.15, 0.2) is 35.2 Å². The van der Waals surface area contributed by atoms with Gasteiger partial charge in [0.1, 0.15) is 10.7 Å². The van der Waals surface area contributed by atoms with Gasteiger partial charge in [0.25, 0.3) is 0 Å². The third-order valence-corrected chi connectivity index (χ3v) is 3.61. The van der Waals surface area contributed by atoms with Gasteiger partial charge in [-0.05, 0) is 12.1 Å². The van der Waals surface area contributed by atoms with Crippen molar-refractivity contribution in [2.45, 2.75) is 4.90 Å². The summed E-state index contributed by atoms with van der Waals surface area (Å²) in [5, 5.41) is 0. The maximum Gasteiger partial charge on any atom is 0.342 e. The first-order valence-electron chi connectivity index (χ1n) is 5.25. The van der Waals surface area contributed by atoms with E-state index in [-0.39, 0.29) is 12.1 Å². The molecule has 2 aromatic rings. The molecule has 21 heavy (non-hydrogen) atoms. The summed E-state index contributed by atoms with van der Waals surface area (Å²) < 4.78 is 92.9. The Kier molecular flexibility index (Phi) is 3.86. The van der Waals surface area contributed by atoms with E-state index < -0.39 is 49.8 Å². The van der Waals surface area contributed by atoms with Crippen molar-refractivity contribution in [3.8, 4) is 5.75 Å². The van der Waals surface area contributed by atoms with Gasteiger partial charge < -0.3 is 4.18 Å². The van der Waals surface area contributed by atoms with Crippen LogP contribution in [0.5, 0.6) is 5.75 Å².